The van der Waals surface area contributed by atoms with Gasteiger partial charge in [-0.15, -0.1) is 0 Å². The molecule has 2 unspecified atom stereocenters. The number of benzene rings is 1. The summed E-state index contributed by atoms with van der Waals surface area (Å²) in [6, 6.07) is 10.1. The Kier molecular flexibility index (Phi) is 4.65. The van der Waals surface area contributed by atoms with Crippen molar-refractivity contribution in [2.45, 2.75) is 52.1 Å². The smallest absolute Gasteiger partial charge is 0.0417 e. The lowest BCUT2D eigenvalue weighted by atomic mass is 10.0. The fraction of sp³-hybridized carbons (Fsp3) is 0.625. The zero-order valence-electron chi connectivity index (χ0n) is 11.9. The largest absolute Gasteiger partial charge is 0.368 e. The van der Waals surface area contributed by atoms with E-state index in [4.69, 9.17) is 0 Å². The van der Waals surface area contributed by atoms with Crippen molar-refractivity contribution in [2.75, 3.05) is 18.0 Å². The molecule has 2 nitrogen and oxygen atoms in total. The number of nitrogens with one attached hydrogen (secondary N) is 1. The van der Waals surface area contributed by atoms with Crippen molar-refractivity contribution >= 4 is 5.69 Å². The molecule has 0 aliphatic carbocycles. The zero-order valence-corrected chi connectivity index (χ0v) is 11.9. The maximum atomic E-state index is 3.53. The maximum Gasteiger partial charge on any atom is 0.0417 e. The number of nitrogens with zero attached hydrogens (tertiary/aromatic N) is 1. The minimum Gasteiger partial charge on any atom is -0.368 e. The standard InChI is InChI=1S/C16H26N2/c1-4-14-9-8-12-18(14)16-11-7-6-10-15(16)13(3)17-5-2/h6-7,10-11,13-14,17H,4-5,8-9,12H2,1-3H3. The molecule has 0 amide bonds. The van der Waals surface area contributed by atoms with E-state index in [0.29, 0.717) is 6.04 Å². The average molecular weight is 246 g/mol. The fourth-order valence-corrected chi connectivity index (χ4v) is 3.11. The summed E-state index contributed by atoms with van der Waals surface area (Å²) in [5.74, 6) is 0. The van der Waals surface area contributed by atoms with E-state index in [1.54, 1.807) is 0 Å². The third kappa shape index (κ3) is 2.69. The van der Waals surface area contributed by atoms with Gasteiger partial charge in [-0.1, -0.05) is 32.0 Å². The number of anilines is 1. The van der Waals surface area contributed by atoms with Crippen molar-refractivity contribution in [1.29, 1.82) is 0 Å². The molecule has 1 aromatic carbocycles. The summed E-state index contributed by atoms with van der Waals surface area (Å²) < 4.78 is 0. The highest BCUT2D eigenvalue weighted by molar-refractivity contribution is 5.56. The van der Waals surface area contributed by atoms with Crippen molar-refractivity contribution in [3.63, 3.8) is 0 Å². The Bertz CT molecular complexity index is 375. The highest BCUT2D eigenvalue weighted by Gasteiger charge is 2.25. The van der Waals surface area contributed by atoms with Gasteiger partial charge in [-0.3, -0.25) is 0 Å². The van der Waals surface area contributed by atoms with E-state index in [1.165, 1.54) is 37.1 Å². The molecule has 0 saturated carbocycles. The Labute approximate surface area is 111 Å². The predicted molar refractivity (Wildman–Crippen MR) is 79.2 cm³/mol. The van der Waals surface area contributed by atoms with Crippen LogP contribution in [-0.2, 0) is 0 Å². The van der Waals surface area contributed by atoms with E-state index in [1.807, 2.05) is 0 Å². The summed E-state index contributed by atoms with van der Waals surface area (Å²) in [7, 11) is 0. The number of rotatable bonds is 5. The van der Waals surface area contributed by atoms with Crippen molar-refractivity contribution in [3.05, 3.63) is 29.8 Å². The van der Waals surface area contributed by atoms with Crippen LogP contribution in [0.5, 0.6) is 0 Å². The lowest BCUT2D eigenvalue weighted by Crippen LogP contribution is -2.30. The first-order valence-corrected chi connectivity index (χ1v) is 7.36. The monoisotopic (exact) mass is 246 g/mol. The minimum atomic E-state index is 0.435. The number of hydrogen-bond donors (Lipinski definition) is 1. The summed E-state index contributed by atoms with van der Waals surface area (Å²) in [6.45, 7) is 8.98. The highest BCUT2D eigenvalue weighted by atomic mass is 15.2. The SMILES string of the molecule is CCNC(C)c1ccccc1N1CCCC1CC. The minimum absolute atomic E-state index is 0.435. The van der Waals surface area contributed by atoms with Gasteiger partial charge in [0.15, 0.2) is 0 Å². The normalized spacial score (nSPS) is 21.3. The fourth-order valence-electron chi connectivity index (χ4n) is 3.11. The maximum absolute atomic E-state index is 3.53. The van der Waals surface area contributed by atoms with Crippen LogP contribution >= 0.6 is 0 Å². The number of para-hydroxylation sites is 1. The molecule has 2 heteroatoms. The van der Waals surface area contributed by atoms with E-state index < -0.39 is 0 Å². The number of hydrogen-bond acceptors (Lipinski definition) is 2. The first kappa shape index (κ1) is 13.4. The highest BCUT2D eigenvalue weighted by Crippen LogP contribution is 2.32. The summed E-state index contributed by atoms with van der Waals surface area (Å²) in [6.07, 6.45) is 3.94. The predicted octanol–water partition coefficient (Wildman–Crippen LogP) is 3.74. The molecule has 2 rings (SSSR count). The third-order valence-electron chi connectivity index (χ3n) is 4.07. The van der Waals surface area contributed by atoms with Gasteiger partial charge in [-0.05, 0) is 44.4 Å². The Hall–Kier alpha value is -1.02. The molecule has 0 spiro atoms. The van der Waals surface area contributed by atoms with Crippen LogP contribution in [0, 0.1) is 0 Å². The Morgan fingerprint density at radius 2 is 2.11 bits per heavy atom. The molecule has 1 N–H and O–H groups in total. The van der Waals surface area contributed by atoms with Crippen molar-refractivity contribution in [1.82, 2.24) is 5.32 Å². The molecule has 100 valence electrons. The van der Waals surface area contributed by atoms with Crippen molar-refractivity contribution in [2.24, 2.45) is 0 Å². The first-order chi connectivity index (χ1) is 8.77. The Balaban J connectivity index is 2.26. The molecule has 0 aromatic heterocycles. The molecule has 1 aromatic rings. The second-order valence-electron chi connectivity index (χ2n) is 5.24. The van der Waals surface area contributed by atoms with Crippen LogP contribution in [0.2, 0.25) is 0 Å². The molecule has 18 heavy (non-hydrogen) atoms. The van der Waals surface area contributed by atoms with Gasteiger partial charge in [0, 0.05) is 24.3 Å². The molecule has 1 heterocycles. The van der Waals surface area contributed by atoms with Gasteiger partial charge in [-0.2, -0.15) is 0 Å². The van der Waals surface area contributed by atoms with Gasteiger partial charge in [0.05, 0.1) is 0 Å². The zero-order chi connectivity index (χ0) is 13.0. The van der Waals surface area contributed by atoms with Gasteiger partial charge in [0.1, 0.15) is 0 Å². The van der Waals surface area contributed by atoms with Gasteiger partial charge in [0.2, 0.25) is 0 Å². The van der Waals surface area contributed by atoms with E-state index >= 15 is 0 Å². The molecular weight excluding hydrogens is 220 g/mol. The molecule has 1 saturated heterocycles. The van der Waals surface area contributed by atoms with Crippen LogP contribution in [0.4, 0.5) is 5.69 Å². The molecule has 1 aliphatic heterocycles. The molecule has 0 bridgehead atoms. The van der Waals surface area contributed by atoms with Crippen LogP contribution in [0.1, 0.15) is 51.6 Å². The summed E-state index contributed by atoms with van der Waals surface area (Å²) in [5.41, 5.74) is 2.88. The van der Waals surface area contributed by atoms with Crippen LogP contribution in [0.25, 0.3) is 0 Å². The van der Waals surface area contributed by atoms with Crippen LogP contribution in [0.3, 0.4) is 0 Å². The lowest BCUT2D eigenvalue weighted by molar-refractivity contribution is 0.589. The van der Waals surface area contributed by atoms with Gasteiger partial charge in [-0.25, -0.2) is 0 Å². The third-order valence-corrected chi connectivity index (χ3v) is 4.07. The second-order valence-corrected chi connectivity index (χ2v) is 5.24. The van der Waals surface area contributed by atoms with E-state index in [-0.39, 0.29) is 0 Å². The van der Waals surface area contributed by atoms with Crippen molar-refractivity contribution < 1.29 is 0 Å². The van der Waals surface area contributed by atoms with Crippen LogP contribution in [0.15, 0.2) is 24.3 Å². The quantitative estimate of drug-likeness (QED) is 0.851. The second kappa shape index (κ2) is 6.24. The summed E-state index contributed by atoms with van der Waals surface area (Å²) >= 11 is 0. The van der Waals surface area contributed by atoms with E-state index in [0.717, 1.165) is 12.6 Å². The van der Waals surface area contributed by atoms with Gasteiger partial charge in [0.25, 0.3) is 0 Å². The molecule has 1 fully saturated rings. The molecular formula is C16H26N2. The van der Waals surface area contributed by atoms with E-state index in [9.17, 15) is 0 Å². The van der Waals surface area contributed by atoms with Crippen molar-refractivity contribution in [3.8, 4) is 0 Å². The molecule has 2 atom stereocenters. The van der Waals surface area contributed by atoms with Crippen LogP contribution < -0.4 is 10.2 Å². The van der Waals surface area contributed by atoms with E-state index in [2.05, 4.69) is 55.3 Å². The van der Waals surface area contributed by atoms with Gasteiger partial charge < -0.3 is 10.2 Å². The Morgan fingerprint density at radius 3 is 2.83 bits per heavy atom. The average Bonchev–Trinajstić information content (AvgIpc) is 2.87. The molecule has 0 radical (unpaired) electrons. The lowest BCUT2D eigenvalue weighted by Gasteiger charge is -2.30. The van der Waals surface area contributed by atoms with Gasteiger partial charge >= 0.3 is 0 Å². The summed E-state index contributed by atoms with van der Waals surface area (Å²) in [5, 5.41) is 3.53. The Morgan fingerprint density at radius 1 is 1.33 bits per heavy atom. The van der Waals surface area contributed by atoms with Crippen LogP contribution in [-0.4, -0.2) is 19.1 Å². The summed E-state index contributed by atoms with van der Waals surface area (Å²) in [4.78, 5) is 2.61. The first-order valence-electron chi connectivity index (χ1n) is 7.36. The molecule has 1 aliphatic rings. The topological polar surface area (TPSA) is 15.3 Å².